The van der Waals surface area contributed by atoms with Crippen molar-refractivity contribution >= 4 is 23.4 Å². The highest BCUT2D eigenvalue weighted by Crippen LogP contribution is 2.14. The third-order valence-corrected chi connectivity index (χ3v) is 3.63. The highest BCUT2D eigenvalue weighted by Gasteiger charge is 2.24. The monoisotopic (exact) mass is 389 g/mol. The lowest BCUT2D eigenvalue weighted by atomic mass is 10.2. The number of halogens is 3. The van der Waals surface area contributed by atoms with Gasteiger partial charge in [-0.05, 0) is 11.1 Å². The Morgan fingerprint density at radius 3 is 2.96 bits per heavy atom. The van der Waals surface area contributed by atoms with Crippen molar-refractivity contribution in [3.63, 3.8) is 0 Å². The van der Waals surface area contributed by atoms with Crippen molar-refractivity contribution in [2.45, 2.75) is 19.6 Å². The number of hydrogen-bond donors (Lipinski definition) is 1. The zero-order valence-corrected chi connectivity index (χ0v) is 14.4. The van der Waals surface area contributed by atoms with E-state index in [0.717, 1.165) is 4.57 Å². The van der Waals surface area contributed by atoms with Crippen LogP contribution < -0.4 is 20.6 Å². The van der Waals surface area contributed by atoms with Crippen LogP contribution in [0.1, 0.15) is 18.8 Å². The predicted octanol–water partition coefficient (Wildman–Crippen LogP) is 1.18. The molecule has 2 aromatic rings. The maximum Gasteiger partial charge on any atom is 0.302 e. The first-order valence-electron chi connectivity index (χ1n) is 7.50. The third-order valence-electron chi connectivity index (χ3n) is 3.32. The second-order valence-electron chi connectivity index (χ2n) is 5.10. The van der Waals surface area contributed by atoms with Gasteiger partial charge in [-0.25, -0.2) is 9.37 Å². The maximum atomic E-state index is 14.3. The predicted molar refractivity (Wildman–Crippen MR) is 86.8 cm³/mol. The molecule has 0 spiro atoms. The Hall–Kier alpha value is -2.75. The normalized spacial score (nSPS) is 11.7. The van der Waals surface area contributed by atoms with Crippen LogP contribution in [0.4, 0.5) is 14.7 Å². The van der Waals surface area contributed by atoms with Crippen molar-refractivity contribution in [3.05, 3.63) is 51.8 Å². The standard InChI is InChI=1S/C15H16ClF2N4O4/c1-10(23)25-7-6-21-13(16)9-20-14(15(21)24)19-8-11(17)12-4-2-3-5-22(12)26-18/h2-5,9,11H,6-8H2,1H3,(H,19,20)/q+1. The summed E-state index contributed by atoms with van der Waals surface area (Å²) in [5.41, 5.74) is -0.703. The minimum atomic E-state index is -1.68. The van der Waals surface area contributed by atoms with E-state index in [0.29, 0.717) is 4.73 Å². The van der Waals surface area contributed by atoms with E-state index in [2.05, 4.69) is 15.3 Å². The van der Waals surface area contributed by atoms with Gasteiger partial charge in [-0.2, -0.15) is 0 Å². The molecule has 0 bridgehead atoms. The van der Waals surface area contributed by atoms with Gasteiger partial charge in [0.2, 0.25) is 12.4 Å². The molecule has 2 heterocycles. The molecule has 0 aromatic carbocycles. The third kappa shape index (κ3) is 4.88. The number of pyridine rings is 1. The second-order valence-corrected chi connectivity index (χ2v) is 5.48. The van der Waals surface area contributed by atoms with Crippen molar-refractivity contribution in [3.8, 4) is 0 Å². The molecular weight excluding hydrogens is 374 g/mol. The van der Waals surface area contributed by atoms with Crippen LogP contribution in [0.25, 0.3) is 0 Å². The zero-order valence-electron chi connectivity index (χ0n) is 13.7. The van der Waals surface area contributed by atoms with Gasteiger partial charge in [0.05, 0.1) is 28.5 Å². The zero-order chi connectivity index (χ0) is 19.1. The number of carbonyl (C=O) groups is 1. The Morgan fingerprint density at radius 2 is 2.27 bits per heavy atom. The molecule has 8 nitrogen and oxygen atoms in total. The molecule has 140 valence electrons. The minimum Gasteiger partial charge on any atom is -0.464 e. The van der Waals surface area contributed by atoms with Crippen LogP contribution in [-0.2, 0) is 16.1 Å². The second kappa shape index (κ2) is 9.09. The summed E-state index contributed by atoms with van der Waals surface area (Å²) in [5, 5.41) is 6.14. The molecule has 26 heavy (non-hydrogen) atoms. The number of carbonyl (C=O) groups excluding carboxylic acids is 1. The van der Waals surface area contributed by atoms with Crippen LogP contribution in [0.3, 0.4) is 0 Å². The van der Waals surface area contributed by atoms with E-state index in [1.807, 2.05) is 0 Å². The fourth-order valence-corrected chi connectivity index (χ4v) is 2.33. The number of hydrogen-bond acceptors (Lipinski definition) is 6. The van der Waals surface area contributed by atoms with Crippen molar-refractivity contribution in [2.24, 2.45) is 0 Å². The van der Waals surface area contributed by atoms with Crippen molar-refractivity contribution in [1.82, 2.24) is 9.55 Å². The van der Waals surface area contributed by atoms with E-state index in [9.17, 15) is 18.5 Å². The van der Waals surface area contributed by atoms with Crippen molar-refractivity contribution in [1.29, 1.82) is 0 Å². The first-order chi connectivity index (χ1) is 12.4. The highest BCUT2D eigenvalue weighted by atomic mass is 35.5. The number of nitrogens with zero attached hydrogens (tertiary/aromatic N) is 3. The van der Waals surface area contributed by atoms with E-state index in [1.165, 1.54) is 37.5 Å². The lowest BCUT2D eigenvalue weighted by molar-refractivity contribution is -0.942. The van der Waals surface area contributed by atoms with Gasteiger partial charge in [-0.1, -0.05) is 11.6 Å². The Kier molecular flexibility index (Phi) is 6.84. The highest BCUT2D eigenvalue weighted by molar-refractivity contribution is 6.29. The van der Waals surface area contributed by atoms with Crippen LogP contribution in [0, 0.1) is 0 Å². The molecule has 2 rings (SSSR count). The number of rotatable bonds is 8. The molecule has 1 unspecified atom stereocenters. The smallest absolute Gasteiger partial charge is 0.302 e. The van der Waals surface area contributed by atoms with Crippen LogP contribution in [0.5, 0.6) is 0 Å². The fraction of sp³-hybridized carbons (Fsp3) is 0.333. The summed E-state index contributed by atoms with van der Waals surface area (Å²) < 4.78 is 33.2. The molecule has 0 aliphatic heterocycles. The SMILES string of the molecule is CC(=O)OCCn1c(Cl)cnc(NCC(F)c2cccc[n+]2OF)c1=O. The van der Waals surface area contributed by atoms with Crippen LogP contribution >= 0.6 is 11.6 Å². The average Bonchev–Trinajstić information content (AvgIpc) is 2.63. The first kappa shape index (κ1) is 19.6. The summed E-state index contributed by atoms with van der Waals surface area (Å²) in [6.45, 7) is 0.841. The number of nitrogens with one attached hydrogen (secondary N) is 1. The van der Waals surface area contributed by atoms with Crippen LogP contribution in [-0.4, -0.2) is 28.7 Å². The number of alkyl halides is 1. The summed E-state index contributed by atoms with van der Waals surface area (Å²) in [4.78, 5) is 27.0. The van der Waals surface area contributed by atoms with E-state index < -0.39 is 17.7 Å². The molecule has 0 fully saturated rings. The Balaban J connectivity index is 2.09. The van der Waals surface area contributed by atoms with E-state index >= 15 is 0 Å². The van der Waals surface area contributed by atoms with Crippen molar-refractivity contribution in [2.75, 3.05) is 18.5 Å². The van der Waals surface area contributed by atoms with E-state index in [-0.39, 0.29) is 36.4 Å². The summed E-state index contributed by atoms with van der Waals surface area (Å²) in [5.74, 6) is -0.642. The van der Waals surface area contributed by atoms with Gasteiger partial charge in [0, 0.05) is 19.1 Å². The van der Waals surface area contributed by atoms with E-state index in [1.54, 1.807) is 0 Å². The van der Waals surface area contributed by atoms with Gasteiger partial charge in [-0.3, -0.25) is 14.2 Å². The molecular formula is C15H16ClF2N4O4+. The Labute approximate surface area is 151 Å². The molecule has 11 heteroatoms. The fourth-order valence-electron chi connectivity index (χ4n) is 2.12. The molecule has 1 atom stereocenters. The topological polar surface area (TPSA) is 86.3 Å². The summed E-state index contributed by atoms with van der Waals surface area (Å²) in [6, 6.07) is 4.31. The van der Waals surface area contributed by atoms with Gasteiger partial charge in [-0.15, -0.1) is 0 Å². The molecule has 0 aliphatic rings. The van der Waals surface area contributed by atoms with Crippen LogP contribution in [0.15, 0.2) is 35.4 Å². The molecule has 1 N–H and O–H groups in total. The largest absolute Gasteiger partial charge is 0.464 e. The van der Waals surface area contributed by atoms with Gasteiger partial charge < -0.3 is 10.1 Å². The Bertz CT molecular complexity index is 834. The van der Waals surface area contributed by atoms with Crippen LogP contribution in [0.2, 0.25) is 5.15 Å². The number of aromatic nitrogens is 3. The summed E-state index contributed by atoms with van der Waals surface area (Å²) in [6.07, 6.45) is 0.725. The lowest BCUT2D eigenvalue weighted by Gasteiger charge is -2.11. The average molecular weight is 390 g/mol. The number of anilines is 1. The minimum absolute atomic E-state index is 0.0158. The quantitative estimate of drug-likeness (QED) is 0.539. The molecule has 0 aliphatic carbocycles. The van der Waals surface area contributed by atoms with Gasteiger partial charge in [0.15, 0.2) is 5.82 Å². The van der Waals surface area contributed by atoms with Crippen molar-refractivity contribution < 1.29 is 28.2 Å². The maximum absolute atomic E-state index is 14.3. The molecule has 0 amide bonds. The molecule has 2 aromatic heterocycles. The molecule has 0 saturated heterocycles. The summed E-state index contributed by atoms with van der Waals surface area (Å²) >= 11 is 5.91. The number of esters is 1. The van der Waals surface area contributed by atoms with Gasteiger partial charge >= 0.3 is 5.97 Å². The summed E-state index contributed by atoms with van der Waals surface area (Å²) in [7, 11) is 0. The molecule has 0 saturated carbocycles. The van der Waals surface area contributed by atoms with Gasteiger partial charge in [0.1, 0.15) is 11.8 Å². The number of ether oxygens (including phenoxy) is 1. The first-order valence-corrected chi connectivity index (χ1v) is 7.88. The molecule has 0 radical (unpaired) electrons. The van der Waals surface area contributed by atoms with Gasteiger partial charge in [0.25, 0.3) is 11.3 Å². The van der Waals surface area contributed by atoms with E-state index in [4.69, 9.17) is 16.3 Å². The lowest BCUT2D eigenvalue weighted by Crippen LogP contribution is -2.43. The Morgan fingerprint density at radius 1 is 1.50 bits per heavy atom.